The van der Waals surface area contributed by atoms with Gasteiger partial charge in [-0.15, -0.1) is 0 Å². The van der Waals surface area contributed by atoms with E-state index in [9.17, 15) is 0 Å². The van der Waals surface area contributed by atoms with Gasteiger partial charge in [-0.1, -0.05) is 84.9 Å². The smallest absolute Gasteiger partial charge is 0.129 e. The second kappa shape index (κ2) is 8.74. The fourth-order valence-corrected chi connectivity index (χ4v) is 4.63. The molecule has 0 N–H and O–H groups in total. The molecular formula is C30H30N2O. The quantitative estimate of drug-likeness (QED) is 0.319. The SMILES string of the molecule is C[C@H](c1cccc2ccccc12)N(C)C1=N[C@]1(C)Cc1ccc(OCc2ccccc2)cc1. The molecule has 3 nitrogen and oxygen atoms in total. The minimum atomic E-state index is -0.139. The van der Waals surface area contributed by atoms with Gasteiger partial charge in [0.05, 0.1) is 6.04 Å². The first-order valence-corrected chi connectivity index (χ1v) is 11.6. The lowest BCUT2D eigenvalue weighted by Crippen LogP contribution is -2.33. The van der Waals surface area contributed by atoms with Crippen molar-refractivity contribution >= 4 is 16.6 Å². The van der Waals surface area contributed by atoms with Crippen LogP contribution in [0.3, 0.4) is 0 Å². The average molecular weight is 435 g/mol. The van der Waals surface area contributed by atoms with Crippen molar-refractivity contribution in [2.24, 2.45) is 4.99 Å². The number of aliphatic imine (C=N–C) groups is 1. The number of rotatable bonds is 7. The van der Waals surface area contributed by atoms with E-state index >= 15 is 0 Å². The number of hydrogen-bond acceptors (Lipinski definition) is 3. The van der Waals surface area contributed by atoms with Crippen LogP contribution in [0.4, 0.5) is 0 Å². The van der Waals surface area contributed by atoms with E-state index in [0.29, 0.717) is 6.61 Å². The van der Waals surface area contributed by atoms with E-state index in [1.165, 1.54) is 33.3 Å². The summed E-state index contributed by atoms with van der Waals surface area (Å²) in [4.78, 5) is 7.25. The number of amidine groups is 1. The van der Waals surface area contributed by atoms with Crippen molar-refractivity contribution in [2.75, 3.05) is 7.05 Å². The van der Waals surface area contributed by atoms with Crippen LogP contribution in [0.25, 0.3) is 10.8 Å². The van der Waals surface area contributed by atoms with Gasteiger partial charge in [-0.2, -0.15) is 0 Å². The lowest BCUT2D eigenvalue weighted by Gasteiger charge is -2.27. The molecule has 4 aromatic rings. The van der Waals surface area contributed by atoms with Gasteiger partial charge in [0.15, 0.2) is 0 Å². The van der Waals surface area contributed by atoms with Gasteiger partial charge >= 0.3 is 0 Å². The maximum absolute atomic E-state index is 5.93. The van der Waals surface area contributed by atoms with Gasteiger partial charge in [0.2, 0.25) is 0 Å². The molecule has 166 valence electrons. The summed E-state index contributed by atoms with van der Waals surface area (Å²) in [6, 6.07) is 34.1. The molecule has 1 aliphatic heterocycles. The molecule has 0 bridgehead atoms. The number of hydrogen-bond donors (Lipinski definition) is 0. The van der Waals surface area contributed by atoms with E-state index in [4.69, 9.17) is 9.73 Å². The molecule has 0 unspecified atom stereocenters. The zero-order chi connectivity index (χ0) is 22.8. The van der Waals surface area contributed by atoms with Crippen LogP contribution in [0.5, 0.6) is 5.75 Å². The van der Waals surface area contributed by atoms with E-state index in [1.54, 1.807) is 0 Å². The van der Waals surface area contributed by atoms with Gasteiger partial charge in [0.1, 0.15) is 23.7 Å². The molecule has 0 aromatic heterocycles. The lowest BCUT2D eigenvalue weighted by atomic mass is 9.95. The molecule has 1 heterocycles. The summed E-state index contributed by atoms with van der Waals surface area (Å²) in [5.41, 5.74) is 3.65. The Bertz CT molecular complexity index is 1270. The second-order valence-electron chi connectivity index (χ2n) is 9.16. The summed E-state index contributed by atoms with van der Waals surface area (Å²) in [6.07, 6.45) is 0.897. The first-order valence-electron chi connectivity index (χ1n) is 11.6. The van der Waals surface area contributed by atoms with Crippen LogP contribution in [-0.2, 0) is 13.0 Å². The van der Waals surface area contributed by atoms with Crippen molar-refractivity contribution in [2.45, 2.75) is 38.5 Å². The first-order chi connectivity index (χ1) is 16.0. The molecule has 0 radical (unpaired) electrons. The van der Waals surface area contributed by atoms with Crippen LogP contribution < -0.4 is 4.74 Å². The Morgan fingerprint density at radius 2 is 1.52 bits per heavy atom. The first kappa shape index (κ1) is 21.3. The normalized spacial score (nSPS) is 18.0. The largest absolute Gasteiger partial charge is 0.489 e. The van der Waals surface area contributed by atoms with Crippen molar-refractivity contribution in [1.82, 2.24) is 4.90 Å². The van der Waals surface area contributed by atoms with E-state index in [1.807, 2.05) is 18.2 Å². The Labute approximate surface area is 196 Å². The molecule has 2 atom stereocenters. The van der Waals surface area contributed by atoms with Gasteiger partial charge in [-0.25, -0.2) is 0 Å². The fourth-order valence-electron chi connectivity index (χ4n) is 4.63. The molecule has 3 heteroatoms. The van der Waals surface area contributed by atoms with Gasteiger partial charge < -0.3 is 9.64 Å². The summed E-state index contributed by atoms with van der Waals surface area (Å²) < 4.78 is 5.93. The summed E-state index contributed by atoms with van der Waals surface area (Å²) in [5, 5.41) is 2.60. The predicted molar refractivity (Wildman–Crippen MR) is 137 cm³/mol. The molecular weight excluding hydrogens is 404 g/mol. The van der Waals surface area contributed by atoms with Gasteiger partial charge in [-0.3, -0.25) is 4.99 Å². The molecule has 0 amide bonds. The highest BCUT2D eigenvalue weighted by molar-refractivity contribution is 6.03. The topological polar surface area (TPSA) is 24.8 Å². The van der Waals surface area contributed by atoms with Gasteiger partial charge in [-0.05, 0) is 53.4 Å². The third-order valence-electron chi connectivity index (χ3n) is 6.69. The Balaban J connectivity index is 1.22. The third-order valence-corrected chi connectivity index (χ3v) is 6.69. The molecule has 0 saturated carbocycles. The van der Waals surface area contributed by atoms with Crippen LogP contribution in [0.1, 0.15) is 36.6 Å². The van der Waals surface area contributed by atoms with Crippen molar-refractivity contribution in [3.05, 3.63) is 114 Å². The maximum atomic E-state index is 5.93. The molecule has 0 aliphatic carbocycles. The van der Waals surface area contributed by atoms with Crippen LogP contribution in [0, 0.1) is 0 Å². The van der Waals surface area contributed by atoms with Crippen LogP contribution in [0.15, 0.2) is 102 Å². The van der Waals surface area contributed by atoms with E-state index in [-0.39, 0.29) is 11.6 Å². The Kier molecular flexibility index (Phi) is 5.63. The maximum Gasteiger partial charge on any atom is 0.129 e. The van der Waals surface area contributed by atoms with Gasteiger partial charge in [0.25, 0.3) is 0 Å². The van der Waals surface area contributed by atoms with Crippen LogP contribution in [-0.4, -0.2) is 23.3 Å². The zero-order valence-electron chi connectivity index (χ0n) is 19.5. The van der Waals surface area contributed by atoms with Crippen LogP contribution in [0.2, 0.25) is 0 Å². The summed E-state index contributed by atoms with van der Waals surface area (Å²) in [6.45, 7) is 5.08. The highest BCUT2D eigenvalue weighted by Crippen LogP contribution is 2.38. The molecule has 33 heavy (non-hydrogen) atoms. The summed E-state index contributed by atoms with van der Waals surface area (Å²) >= 11 is 0. The average Bonchev–Trinajstić information content (AvgIpc) is 3.53. The Morgan fingerprint density at radius 1 is 0.818 bits per heavy atom. The summed E-state index contributed by atoms with van der Waals surface area (Å²) in [5.74, 6) is 2.07. The lowest BCUT2D eigenvalue weighted by molar-refractivity contribution is 0.306. The number of likely N-dealkylation sites (N-methyl/N-ethyl adjacent to an activating group) is 1. The highest BCUT2D eigenvalue weighted by atomic mass is 16.5. The van der Waals surface area contributed by atoms with Gasteiger partial charge in [0, 0.05) is 13.5 Å². The number of benzene rings is 4. The number of ether oxygens (including phenoxy) is 1. The van der Waals surface area contributed by atoms with E-state index in [2.05, 4.69) is 105 Å². The zero-order valence-corrected chi connectivity index (χ0v) is 19.5. The molecule has 0 fully saturated rings. The number of nitrogens with zero attached hydrogens (tertiary/aromatic N) is 2. The highest BCUT2D eigenvalue weighted by Gasteiger charge is 2.46. The molecule has 0 spiro atoms. The number of fused-ring (bicyclic) bond motifs is 1. The fraction of sp³-hybridized carbons (Fsp3) is 0.233. The van der Waals surface area contributed by atoms with E-state index in [0.717, 1.165) is 12.2 Å². The predicted octanol–water partition coefficient (Wildman–Crippen LogP) is 6.83. The van der Waals surface area contributed by atoms with Crippen molar-refractivity contribution in [3.8, 4) is 5.75 Å². The third kappa shape index (κ3) is 4.49. The monoisotopic (exact) mass is 434 g/mol. The summed E-state index contributed by atoms with van der Waals surface area (Å²) in [7, 11) is 2.16. The van der Waals surface area contributed by atoms with Crippen molar-refractivity contribution < 1.29 is 4.74 Å². The minimum absolute atomic E-state index is 0.139. The standard InChI is InChI=1S/C30H30N2O/c1-22(27-15-9-13-25-12-7-8-14-28(25)27)32(3)29-30(2,31-29)20-23-16-18-26(19-17-23)33-21-24-10-5-4-6-11-24/h4-19,22H,20-21H2,1-3H3/t22-,30-/m1/s1. The second-order valence-corrected chi connectivity index (χ2v) is 9.16. The van der Waals surface area contributed by atoms with Crippen molar-refractivity contribution in [1.29, 1.82) is 0 Å². The van der Waals surface area contributed by atoms with E-state index < -0.39 is 0 Å². The minimum Gasteiger partial charge on any atom is -0.489 e. The Morgan fingerprint density at radius 3 is 2.30 bits per heavy atom. The molecule has 4 aromatic carbocycles. The van der Waals surface area contributed by atoms with Crippen molar-refractivity contribution in [3.63, 3.8) is 0 Å². The molecule has 5 rings (SSSR count). The van der Waals surface area contributed by atoms with Crippen LogP contribution >= 0.6 is 0 Å². The molecule has 1 aliphatic rings. The Hall–Kier alpha value is -3.59. The molecule has 0 saturated heterocycles.